The number of hydrogen-bond donors (Lipinski definition) is 2. The first-order chi connectivity index (χ1) is 16.4. The molecule has 34 heavy (non-hydrogen) atoms. The molecule has 4 rings (SSSR count). The predicted molar refractivity (Wildman–Crippen MR) is 121 cm³/mol. The summed E-state index contributed by atoms with van der Waals surface area (Å²) >= 11 is 0. The fourth-order valence-corrected chi connectivity index (χ4v) is 4.73. The van der Waals surface area contributed by atoms with Crippen LogP contribution in [-0.2, 0) is 4.74 Å². The average molecular weight is 466 g/mol. The number of amides is 1. The molecule has 2 aromatic rings. The molecule has 3 unspecified atom stereocenters. The van der Waals surface area contributed by atoms with Gasteiger partial charge in [0.25, 0.3) is 0 Å². The van der Waals surface area contributed by atoms with Crippen LogP contribution in [-0.4, -0.2) is 83.6 Å². The Morgan fingerprint density at radius 1 is 1.03 bits per heavy atom. The first kappa shape index (κ1) is 23.5. The third-order valence-corrected chi connectivity index (χ3v) is 6.24. The third kappa shape index (κ3) is 5.65. The third-order valence-electron chi connectivity index (χ3n) is 6.24. The topological polar surface area (TPSA) is 123 Å². The Morgan fingerprint density at radius 3 is 2.26 bits per heavy atom. The largest absolute Gasteiger partial charge is 0.491 e. The van der Waals surface area contributed by atoms with Gasteiger partial charge in [-0.25, -0.2) is 9.59 Å². The molecule has 178 valence electrons. The quantitative estimate of drug-likeness (QED) is 0.596. The minimum atomic E-state index is -0.980. The number of carbonyl (C=O) groups is 2. The predicted octanol–water partition coefficient (Wildman–Crippen LogP) is 2.07. The highest BCUT2D eigenvalue weighted by molar-refractivity contribution is 5.89. The number of hydrogen-bond acceptors (Lipinski definition) is 7. The Kier molecular flexibility index (Phi) is 7.30. The van der Waals surface area contributed by atoms with E-state index in [1.807, 2.05) is 12.1 Å². The van der Waals surface area contributed by atoms with Crippen molar-refractivity contribution in [2.45, 2.75) is 12.2 Å². The van der Waals surface area contributed by atoms with Crippen LogP contribution in [0.2, 0.25) is 0 Å². The lowest BCUT2D eigenvalue weighted by atomic mass is 9.81. The van der Waals surface area contributed by atoms with E-state index >= 15 is 0 Å². The van der Waals surface area contributed by atoms with Crippen LogP contribution in [0.25, 0.3) is 0 Å². The van der Waals surface area contributed by atoms with Gasteiger partial charge in [-0.2, -0.15) is 5.26 Å². The summed E-state index contributed by atoms with van der Waals surface area (Å²) in [5.74, 6) is -0.224. The summed E-state index contributed by atoms with van der Waals surface area (Å²) in [6.07, 6.45) is -2.12. The van der Waals surface area contributed by atoms with Gasteiger partial charge in [-0.3, -0.25) is 4.90 Å². The molecule has 0 spiro atoms. The number of nitrogens with zero attached hydrogens (tertiary/aromatic N) is 3. The van der Waals surface area contributed by atoms with Gasteiger partial charge >= 0.3 is 12.1 Å². The van der Waals surface area contributed by atoms with Gasteiger partial charge in [0.15, 0.2) is 0 Å². The summed E-state index contributed by atoms with van der Waals surface area (Å²) in [4.78, 5) is 27.7. The molecule has 2 aliphatic rings. The van der Waals surface area contributed by atoms with Gasteiger partial charge in [0.2, 0.25) is 0 Å². The smallest absolute Gasteiger partial charge is 0.407 e. The molecule has 2 aliphatic heterocycles. The zero-order chi connectivity index (χ0) is 24.1. The molecule has 2 N–H and O–H groups in total. The number of carbonyl (C=O) groups excluding carboxylic acids is 1. The van der Waals surface area contributed by atoms with Crippen molar-refractivity contribution in [2.24, 2.45) is 11.8 Å². The van der Waals surface area contributed by atoms with Crippen molar-refractivity contribution < 1.29 is 29.3 Å². The lowest BCUT2D eigenvalue weighted by molar-refractivity contribution is -0.0898. The molecule has 0 radical (unpaired) electrons. The first-order valence-electron chi connectivity index (χ1n) is 11.2. The number of likely N-dealkylation sites (tertiary alicyclic amines) is 2. The second-order valence-corrected chi connectivity index (χ2v) is 8.76. The van der Waals surface area contributed by atoms with Gasteiger partial charge in [0.1, 0.15) is 24.6 Å². The molecule has 9 nitrogen and oxygen atoms in total. The molecule has 0 saturated carbocycles. The molecule has 2 aromatic carbocycles. The Morgan fingerprint density at radius 2 is 1.68 bits per heavy atom. The Balaban J connectivity index is 1.35. The zero-order valence-corrected chi connectivity index (χ0v) is 18.6. The summed E-state index contributed by atoms with van der Waals surface area (Å²) in [6, 6.07) is 17.5. The normalized spacial score (nSPS) is 22.9. The summed E-state index contributed by atoms with van der Waals surface area (Å²) in [6.45, 7) is 1.99. The van der Waals surface area contributed by atoms with E-state index in [0.717, 1.165) is 0 Å². The maximum atomic E-state index is 12.6. The molecule has 2 saturated heterocycles. The van der Waals surface area contributed by atoms with Crippen LogP contribution < -0.4 is 4.74 Å². The molecule has 1 amide bonds. The number of carboxylic acid groups (broad SMARTS) is 1. The van der Waals surface area contributed by atoms with Crippen molar-refractivity contribution in [3.05, 3.63) is 65.7 Å². The maximum Gasteiger partial charge on any atom is 0.407 e. The van der Waals surface area contributed by atoms with Crippen molar-refractivity contribution in [1.29, 1.82) is 5.26 Å². The minimum Gasteiger partial charge on any atom is -0.491 e. The number of piperidine rings is 2. The second kappa shape index (κ2) is 10.5. The van der Waals surface area contributed by atoms with Gasteiger partial charge < -0.3 is 24.6 Å². The Hall–Kier alpha value is -3.61. The van der Waals surface area contributed by atoms with Crippen molar-refractivity contribution in [1.82, 2.24) is 9.80 Å². The summed E-state index contributed by atoms with van der Waals surface area (Å²) in [5, 5.41) is 28.9. The van der Waals surface area contributed by atoms with Gasteiger partial charge in [-0.15, -0.1) is 0 Å². The number of nitriles is 1. The summed E-state index contributed by atoms with van der Waals surface area (Å²) in [7, 11) is 0. The Labute approximate surface area is 197 Å². The van der Waals surface area contributed by atoms with E-state index in [1.54, 1.807) is 48.5 Å². The molecule has 9 heteroatoms. The summed E-state index contributed by atoms with van der Waals surface area (Å²) < 4.78 is 11.5. The van der Waals surface area contributed by atoms with E-state index < -0.39 is 18.2 Å². The first-order valence-corrected chi connectivity index (χ1v) is 11.2. The van der Waals surface area contributed by atoms with Crippen LogP contribution in [0.4, 0.5) is 4.79 Å². The molecular formula is C25H27N3O6. The highest BCUT2D eigenvalue weighted by Gasteiger charge is 2.46. The molecule has 0 aliphatic carbocycles. The lowest BCUT2D eigenvalue weighted by Gasteiger charge is -2.49. The number of esters is 1. The van der Waals surface area contributed by atoms with Crippen LogP contribution in [0, 0.1) is 23.2 Å². The van der Waals surface area contributed by atoms with Crippen LogP contribution in [0.15, 0.2) is 54.6 Å². The van der Waals surface area contributed by atoms with Gasteiger partial charge in [-0.05, 0) is 36.4 Å². The number of β-amino-alcohol motifs (C(OH)–C–C–N with tert-alkyl or cyclic N) is 1. The molecule has 2 fully saturated rings. The SMILES string of the molecule is N#Cc1ccc(OCC(O)CN2CC3CN(C(=O)O)CC(C2)C3OC(=O)c2ccccc2)cc1. The fourth-order valence-electron chi connectivity index (χ4n) is 4.73. The van der Waals surface area contributed by atoms with Gasteiger partial charge in [0.05, 0.1) is 17.2 Å². The average Bonchev–Trinajstić information content (AvgIpc) is 2.83. The fraction of sp³-hybridized carbons (Fsp3) is 0.400. The second-order valence-electron chi connectivity index (χ2n) is 8.76. The number of benzene rings is 2. The van der Waals surface area contributed by atoms with E-state index in [-0.39, 0.29) is 37.6 Å². The number of ether oxygens (including phenoxy) is 2. The molecule has 3 atom stereocenters. The van der Waals surface area contributed by atoms with E-state index in [4.69, 9.17) is 14.7 Å². The van der Waals surface area contributed by atoms with E-state index in [0.29, 0.717) is 36.5 Å². The van der Waals surface area contributed by atoms with E-state index in [2.05, 4.69) is 4.90 Å². The molecular weight excluding hydrogens is 438 g/mol. The summed E-state index contributed by atoms with van der Waals surface area (Å²) in [5.41, 5.74) is 0.999. The monoisotopic (exact) mass is 465 g/mol. The van der Waals surface area contributed by atoms with Gasteiger partial charge in [0, 0.05) is 44.6 Å². The lowest BCUT2D eigenvalue weighted by Crippen LogP contribution is -2.62. The van der Waals surface area contributed by atoms with Crippen LogP contribution in [0.5, 0.6) is 5.75 Å². The van der Waals surface area contributed by atoms with Crippen molar-refractivity contribution >= 4 is 12.1 Å². The highest BCUT2D eigenvalue weighted by atomic mass is 16.5. The zero-order valence-electron chi connectivity index (χ0n) is 18.6. The molecule has 2 heterocycles. The van der Waals surface area contributed by atoms with E-state index in [1.165, 1.54) is 4.90 Å². The standard InChI is InChI=1S/C25H27N3O6/c26-10-17-6-8-22(9-7-17)33-16-21(29)15-27-11-19-13-28(25(31)32)14-20(12-27)23(19)34-24(30)18-4-2-1-3-5-18/h1-9,19-21,23,29H,11-16H2,(H,31,32). The molecule has 2 bridgehead atoms. The van der Waals surface area contributed by atoms with Crippen LogP contribution in [0.1, 0.15) is 15.9 Å². The van der Waals surface area contributed by atoms with Crippen LogP contribution in [0.3, 0.4) is 0 Å². The molecule has 0 aromatic heterocycles. The number of rotatable bonds is 7. The van der Waals surface area contributed by atoms with Gasteiger partial charge in [-0.1, -0.05) is 18.2 Å². The minimum absolute atomic E-state index is 0.0887. The van der Waals surface area contributed by atoms with Crippen molar-refractivity contribution in [2.75, 3.05) is 39.3 Å². The van der Waals surface area contributed by atoms with Crippen molar-refractivity contribution in [3.63, 3.8) is 0 Å². The number of aliphatic hydroxyl groups excluding tert-OH is 1. The van der Waals surface area contributed by atoms with Crippen molar-refractivity contribution in [3.8, 4) is 11.8 Å². The highest BCUT2D eigenvalue weighted by Crippen LogP contribution is 2.32. The van der Waals surface area contributed by atoms with E-state index in [9.17, 15) is 19.8 Å². The van der Waals surface area contributed by atoms with Crippen LogP contribution >= 0.6 is 0 Å². The maximum absolute atomic E-state index is 12.6. The Bertz CT molecular complexity index is 1020. The number of fused-ring (bicyclic) bond motifs is 2. The number of aliphatic hydroxyl groups is 1.